The number of rotatable bonds is 5. The highest BCUT2D eigenvalue weighted by atomic mass is 16.5. The standard InChI is InChI=1S/C8H15NO3/c10-8(11)2-1-4-9-7-3-5-12-6-7/h7,9H,1-6H2,(H,10,11). The molecule has 4 heteroatoms. The molecule has 1 atom stereocenters. The molecule has 1 unspecified atom stereocenters. The van der Waals surface area contributed by atoms with Gasteiger partial charge in [-0.2, -0.15) is 0 Å². The van der Waals surface area contributed by atoms with Crippen molar-refractivity contribution in [3.63, 3.8) is 0 Å². The monoisotopic (exact) mass is 173 g/mol. The van der Waals surface area contributed by atoms with Gasteiger partial charge in [-0.3, -0.25) is 4.79 Å². The molecule has 0 saturated carbocycles. The lowest BCUT2D eigenvalue weighted by atomic mass is 10.2. The molecule has 0 aromatic carbocycles. The summed E-state index contributed by atoms with van der Waals surface area (Å²) in [4.78, 5) is 10.1. The number of carboxylic acids is 1. The molecule has 0 amide bonds. The van der Waals surface area contributed by atoms with Crippen molar-refractivity contribution >= 4 is 5.97 Å². The fourth-order valence-corrected chi connectivity index (χ4v) is 1.24. The van der Waals surface area contributed by atoms with E-state index >= 15 is 0 Å². The van der Waals surface area contributed by atoms with Crippen molar-refractivity contribution in [3.05, 3.63) is 0 Å². The largest absolute Gasteiger partial charge is 0.481 e. The van der Waals surface area contributed by atoms with Gasteiger partial charge >= 0.3 is 5.97 Å². The molecule has 0 aliphatic carbocycles. The van der Waals surface area contributed by atoms with Gasteiger partial charge in [-0.25, -0.2) is 0 Å². The lowest BCUT2D eigenvalue weighted by molar-refractivity contribution is -0.137. The van der Waals surface area contributed by atoms with Gasteiger partial charge in [0.2, 0.25) is 0 Å². The van der Waals surface area contributed by atoms with Gasteiger partial charge in [-0.05, 0) is 19.4 Å². The number of carboxylic acid groups (broad SMARTS) is 1. The summed E-state index contributed by atoms with van der Waals surface area (Å²) in [7, 11) is 0. The molecule has 1 fully saturated rings. The van der Waals surface area contributed by atoms with Crippen molar-refractivity contribution in [2.75, 3.05) is 19.8 Å². The third-order valence-electron chi connectivity index (χ3n) is 1.93. The van der Waals surface area contributed by atoms with E-state index in [0.29, 0.717) is 12.5 Å². The van der Waals surface area contributed by atoms with Gasteiger partial charge in [0.1, 0.15) is 0 Å². The lowest BCUT2D eigenvalue weighted by Crippen LogP contribution is -2.30. The molecule has 1 heterocycles. The first-order chi connectivity index (χ1) is 5.79. The smallest absolute Gasteiger partial charge is 0.303 e. The molecular weight excluding hydrogens is 158 g/mol. The van der Waals surface area contributed by atoms with E-state index in [0.717, 1.165) is 26.2 Å². The molecule has 0 aromatic heterocycles. The summed E-state index contributed by atoms with van der Waals surface area (Å²) in [5.74, 6) is -0.723. The quantitative estimate of drug-likeness (QED) is 0.584. The van der Waals surface area contributed by atoms with Crippen molar-refractivity contribution in [2.45, 2.75) is 25.3 Å². The number of carbonyl (C=O) groups is 1. The highest BCUT2D eigenvalue weighted by Gasteiger charge is 2.13. The van der Waals surface area contributed by atoms with Gasteiger partial charge < -0.3 is 15.2 Å². The normalized spacial score (nSPS) is 22.8. The van der Waals surface area contributed by atoms with Gasteiger partial charge in [0.25, 0.3) is 0 Å². The summed E-state index contributed by atoms with van der Waals surface area (Å²) < 4.78 is 5.16. The van der Waals surface area contributed by atoms with Crippen LogP contribution in [0.1, 0.15) is 19.3 Å². The molecule has 12 heavy (non-hydrogen) atoms. The minimum atomic E-state index is -0.723. The third-order valence-corrected chi connectivity index (χ3v) is 1.93. The van der Waals surface area contributed by atoms with Crippen LogP contribution in [0.3, 0.4) is 0 Å². The molecule has 0 radical (unpaired) electrons. The van der Waals surface area contributed by atoms with Crippen molar-refractivity contribution in [3.8, 4) is 0 Å². The minimum Gasteiger partial charge on any atom is -0.481 e. The molecule has 1 rings (SSSR count). The van der Waals surface area contributed by atoms with Crippen molar-refractivity contribution in [1.82, 2.24) is 5.32 Å². The van der Waals surface area contributed by atoms with Gasteiger partial charge in [-0.15, -0.1) is 0 Å². The van der Waals surface area contributed by atoms with Crippen LogP contribution in [0, 0.1) is 0 Å². The average molecular weight is 173 g/mol. The number of hydrogen-bond acceptors (Lipinski definition) is 3. The first kappa shape index (κ1) is 9.48. The molecule has 70 valence electrons. The van der Waals surface area contributed by atoms with Crippen LogP contribution < -0.4 is 5.32 Å². The Morgan fingerprint density at radius 3 is 3.08 bits per heavy atom. The Bertz CT molecular complexity index is 143. The summed E-state index contributed by atoms with van der Waals surface area (Å²) in [5, 5.41) is 11.6. The van der Waals surface area contributed by atoms with Crippen molar-refractivity contribution in [1.29, 1.82) is 0 Å². The Morgan fingerprint density at radius 1 is 1.67 bits per heavy atom. The molecule has 1 aliphatic rings. The van der Waals surface area contributed by atoms with Crippen LogP contribution in [0.5, 0.6) is 0 Å². The van der Waals surface area contributed by atoms with E-state index in [9.17, 15) is 4.79 Å². The molecule has 0 spiro atoms. The number of ether oxygens (including phenoxy) is 1. The molecule has 4 nitrogen and oxygen atoms in total. The third kappa shape index (κ3) is 3.69. The predicted molar refractivity (Wildman–Crippen MR) is 44.1 cm³/mol. The topological polar surface area (TPSA) is 58.6 Å². The van der Waals surface area contributed by atoms with E-state index in [1.165, 1.54) is 0 Å². The maximum atomic E-state index is 10.1. The second-order valence-electron chi connectivity index (χ2n) is 3.01. The van der Waals surface area contributed by atoms with E-state index < -0.39 is 5.97 Å². The molecule has 1 aliphatic heterocycles. The van der Waals surface area contributed by atoms with Crippen LogP contribution in [-0.4, -0.2) is 36.9 Å². The summed E-state index contributed by atoms with van der Waals surface area (Å²) in [6.07, 6.45) is 2.00. The second kappa shape index (κ2) is 5.11. The summed E-state index contributed by atoms with van der Waals surface area (Å²) >= 11 is 0. The Labute approximate surface area is 71.9 Å². The van der Waals surface area contributed by atoms with Gasteiger partial charge in [0.15, 0.2) is 0 Å². The van der Waals surface area contributed by atoms with Crippen LogP contribution in [0.15, 0.2) is 0 Å². The van der Waals surface area contributed by atoms with Crippen LogP contribution in [0.4, 0.5) is 0 Å². The van der Waals surface area contributed by atoms with E-state index in [1.807, 2.05) is 0 Å². The van der Waals surface area contributed by atoms with Gasteiger partial charge in [0.05, 0.1) is 6.61 Å². The highest BCUT2D eigenvalue weighted by molar-refractivity contribution is 5.66. The molecule has 0 aromatic rings. The Kier molecular flexibility index (Phi) is 4.04. The van der Waals surface area contributed by atoms with Crippen molar-refractivity contribution in [2.24, 2.45) is 0 Å². The molecule has 1 saturated heterocycles. The van der Waals surface area contributed by atoms with E-state index in [1.54, 1.807) is 0 Å². The van der Waals surface area contributed by atoms with Crippen LogP contribution in [0.2, 0.25) is 0 Å². The average Bonchev–Trinajstić information content (AvgIpc) is 2.49. The molecule has 0 bridgehead atoms. The first-order valence-corrected chi connectivity index (χ1v) is 4.32. The summed E-state index contributed by atoms with van der Waals surface area (Å²) in [6.45, 7) is 2.38. The highest BCUT2D eigenvalue weighted by Crippen LogP contribution is 2.02. The van der Waals surface area contributed by atoms with Gasteiger partial charge in [-0.1, -0.05) is 0 Å². The van der Waals surface area contributed by atoms with Crippen molar-refractivity contribution < 1.29 is 14.6 Å². The maximum absolute atomic E-state index is 10.1. The number of nitrogens with one attached hydrogen (secondary N) is 1. The fraction of sp³-hybridized carbons (Fsp3) is 0.875. The van der Waals surface area contributed by atoms with Crippen LogP contribution >= 0.6 is 0 Å². The number of hydrogen-bond donors (Lipinski definition) is 2. The molecular formula is C8H15NO3. The van der Waals surface area contributed by atoms with Crippen LogP contribution in [0.25, 0.3) is 0 Å². The summed E-state index contributed by atoms with van der Waals surface area (Å²) in [5.41, 5.74) is 0. The Hall–Kier alpha value is -0.610. The lowest BCUT2D eigenvalue weighted by Gasteiger charge is -2.08. The molecule has 2 N–H and O–H groups in total. The predicted octanol–water partition coefficient (Wildman–Crippen LogP) is 0.230. The van der Waals surface area contributed by atoms with E-state index in [2.05, 4.69) is 5.32 Å². The Morgan fingerprint density at radius 2 is 2.50 bits per heavy atom. The summed E-state index contributed by atoms with van der Waals surface area (Å²) in [6, 6.07) is 0.443. The van der Waals surface area contributed by atoms with Crippen LogP contribution in [-0.2, 0) is 9.53 Å². The van der Waals surface area contributed by atoms with Gasteiger partial charge in [0, 0.05) is 19.1 Å². The minimum absolute atomic E-state index is 0.251. The fourth-order valence-electron chi connectivity index (χ4n) is 1.24. The van der Waals surface area contributed by atoms with E-state index in [4.69, 9.17) is 9.84 Å². The number of aliphatic carboxylic acids is 1. The second-order valence-corrected chi connectivity index (χ2v) is 3.01. The zero-order valence-corrected chi connectivity index (χ0v) is 7.08. The zero-order valence-electron chi connectivity index (χ0n) is 7.08. The SMILES string of the molecule is O=C(O)CCCNC1CCOC1. The zero-order chi connectivity index (χ0) is 8.81. The van der Waals surface area contributed by atoms with E-state index in [-0.39, 0.29) is 6.42 Å². The Balaban J connectivity index is 1.91. The first-order valence-electron chi connectivity index (χ1n) is 4.32. The maximum Gasteiger partial charge on any atom is 0.303 e.